The smallest absolute Gasteiger partial charge is 0.243 e. The second-order valence-electron chi connectivity index (χ2n) is 8.10. The Bertz CT molecular complexity index is 1240. The SMILES string of the molecule is Cc1ccccc1CN(CC(=O)N1c2ccccc2C[C@@H]1C)S(=O)(=O)c1ccc(Cl)cc1. The molecule has 7 heteroatoms. The zero-order valence-corrected chi connectivity index (χ0v) is 19.6. The Balaban J connectivity index is 1.69. The minimum absolute atomic E-state index is 0.0292. The van der Waals surface area contributed by atoms with Crippen LogP contribution in [0.3, 0.4) is 0 Å². The number of rotatable bonds is 6. The van der Waals surface area contributed by atoms with Gasteiger partial charge in [0.05, 0.1) is 11.4 Å². The molecular formula is C25H25ClN2O3S. The average molecular weight is 469 g/mol. The van der Waals surface area contributed by atoms with Crippen molar-refractivity contribution in [3.05, 3.63) is 94.5 Å². The summed E-state index contributed by atoms with van der Waals surface area (Å²) in [6.45, 7) is 3.77. The standard InChI is InChI=1S/C25H25ClN2O3S/c1-18-7-3-4-9-21(18)16-27(32(30,31)23-13-11-22(26)12-14-23)17-25(29)28-19(2)15-20-8-5-6-10-24(20)28/h3-14,19H,15-17H2,1-2H3/t19-/m0/s1. The average Bonchev–Trinajstić information content (AvgIpc) is 3.10. The molecule has 0 aliphatic carbocycles. The van der Waals surface area contributed by atoms with E-state index in [4.69, 9.17) is 11.6 Å². The van der Waals surface area contributed by atoms with Crippen LogP contribution >= 0.6 is 11.6 Å². The number of amides is 1. The van der Waals surface area contributed by atoms with Crippen molar-refractivity contribution in [3.63, 3.8) is 0 Å². The number of halogens is 1. The topological polar surface area (TPSA) is 57.7 Å². The highest BCUT2D eigenvalue weighted by Gasteiger charge is 2.34. The molecule has 32 heavy (non-hydrogen) atoms. The van der Waals surface area contributed by atoms with Crippen LogP contribution in [0.25, 0.3) is 0 Å². The van der Waals surface area contributed by atoms with E-state index < -0.39 is 10.0 Å². The molecule has 0 bridgehead atoms. The van der Waals surface area contributed by atoms with Crippen LogP contribution in [0, 0.1) is 6.92 Å². The van der Waals surface area contributed by atoms with Crippen LogP contribution in [-0.4, -0.2) is 31.2 Å². The van der Waals surface area contributed by atoms with Gasteiger partial charge in [-0.1, -0.05) is 54.1 Å². The van der Waals surface area contributed by atoms with Crippen molar-refractivity contribution in [2.24, 2.45) is 0 Å². The van der Waals surface area contributed by atoms with E-state index in [0.29, 0.717) is 5.02 Å². The van der Waals surface area contributed by atoms with Crippen LogP contribution in [0.5, 0.6) is 0 Å². The van der Waals surface area contributed by atoms with E-state index in [2.05, 4.69) is 0 Å². The predicted molar refractivity (Wildman–Crippen MR) is 127 cm³/mol. The zero-order valence-electron chi connectivity index (χ0n) is 18.0. The van der Waals surface area contributed by atoms with E-state index in [9.17, 15) is 13.2 Å². The Morgan fingerprint density at radius 3 is 2.41 bits per heavy atom. The van der Waals surface area contributed by atoms with E-state index in [1.54, 1.807) is 17.0 Å². The fraction of sp³-hybridized carbons (Fsp3) is 0.240. The van der Waals surface area contributed by atoms with E-state index in [0.717, 1.165) is 28.8 Å². The lowest BCUT2D eigenvalue weighted by molar-refractivity contribution is -0.119. The van der Waals surface area contributed by atoms with Gasteiger partial charge in [0.1, 0.15) is 0 Å². The molecular weight excluding hydrogens is 444 g/mol. The summed E-state index contributed by atoms with van der Waals surface area (Å²) in [5.74, 6) is -0.242. The molecule has 0 radical (unpaired) electrons. The highest BCUT2D eigenvalue weighted by atomic mass is 35.5. The molecule has 1 heterocycles. The molecule has 0 N–H and O–H groups in total. The van der Waals surface area contributed by atoms with Crippen molar-refractivity contribution < 1.29 is 13.2 Å². The molecule has 0 spiro atoms. The molecule has 3 aromatic rings. The highest BCUT2D eigenvalue weighted by Crippen LogP contribution is 2.32. The maximum atomic E-state index is 13.5. The first-order chi connectivity index (χ1) is 15.3. The normalized spacial score (nSPS) is 15.8. The fourth-order valence-electron chi connectivity index (χ4n) is 4.13. The third-order valence-electron chi connectivity index (χ3n) is 5.85. The van der Waals surface area contributed by atoms with Crippen molar-refractivity contribution >= 4 is 33.2 Å². The molecule has 1 aliphatic rings. The Hall–Kier alpha value is -2.67. The number of carbonyl (C=O) groups is 1. The number of para-hydroxylation sites is 1. The molecule has 0 fully saturated rings. The van der Waals surface area contributed by atoms with Gasteiger partial charge in [-0.15, -0.1) is 0 Å². The van der Waals surface area contributed by atoms with Crippen molar-refractivity contribution in [1.29, 1.82) is 0 Å². The number of hydrogen-bond donors (Lipinski definition) is 0. The maximum Gasteiger partial charge on any atom is 0.243 e. The van der Waals surface area contributed by atoms with Crippen molar-refractivity contribution in [3.8, 4) is 0 Å². The van der Waals surface area contributed by atoms with Gasteiger partial charge in [0.2, 0.25) is 15.9 Å². The molecule has 166 valence electrons. The van der Waals surface area contributed by atoms with Crippen LogP contribution < -0.4 is 4.90 Å². The summed E-state index contributed by atoms with van der Waals surface area (Å²) in [7, 11) is -3.93. The van der Waals surface area contributed by atoms with Gasteiger partial charge in [-0.2, -0.15) is 4.31 Å². The largest absolute Gasteiger partial charge is 0.308 e. The molecule has 5 nitrogen and oxygen atoms in total. The molecule has 0 aromatic heterocycles. The fourth-order valence-corrected chi connectivity index (χ4v) is 5.63. The van der Waals surface area contributed by atoms with Gasteiger partial charge in [-0.05, 0) is 67.3 Å². The molecule has 0 saturated heterocycles. The minimum atomic E-state index is -3.93. The molecule has 0 saturated carbocycles. The van der Waals surface area contributed by atoms with Gasteiger partial charge in [-0.25, -0.2) is 8.42 Å². The Labute approximate surface area is 194 Å². The zero-order chi connectivity index (χ0) is 22.9. The molecule has 0 unspecified atom stereocenters. The second-order valence-corrected chi connectivity index (χ2v) is 10.5. The van der Waals surface area contributed by atoms with Crippen molar-refractivity contribution in [2.75, 3.05) is 11.4 Å². The summed E-state index contributed by atoms with van der Waals surface area (Å²) in [6.07, 6.45) is 0.754. The van der Waals surface area contributed by atoms with E-state index >= 15 is 0 Å². The van der Waals surface area contributed by atoms with Crippen LogP contribution in [0.2, 0.25) is 5.02 Å². The number of carbonyl (C=O) groups excluding carboxylic acids is 1. The number of benzene rings is 3. The third-order valence-corrected chi connectivity index (χ3v) is 7.90. The number of hydrogen-bond acceptors (Lipinski definition) is 3. The highest BCUT2D eigenvalue weighted by molar-refractivity contribution is 7.89. The Kier molecular flexibility index (Phi) is 6.38. The number of nitrogens with zero attached hydrogens (tertiary/aromatic N) is 2. The van der Waals surface area contributed by atoms with Gasteiger partial charge in [0.15, 0.2) is 0 Å². The van der Waals surface area contributed by atoms with Crippen LogP contribution in [0.15, 0.2) is 77.7 Å². The lowest BCUT2D eigenvalue weighted by Crippen LogP contribution is -2.44. The van der Waals surface area contributed by atoms with E-state index in [1.807, 2.05) is 62.4 Å². The van der Waals surface area contributed by atoms with Gasteiger partial charge in [0, 0.05) is 23.3 Å². The van der Waals surface area contributed by atoms with Gasteiger partial charge in [-0.3, -0.25) is 4.79 Å². The summed E-state index contributed by atoms with van der Waals surface area (Å²) in [5, 5.41) is 0.452. The van der Waals surface area contributed by atoms with Gasteiger partial charge >= 0.3 is 0 Å². The summed E-state index contributed by atoms with van der Waals surface area (Å²) in [6, 6.07) is 21.4. The molecule has 3 aromatic carbocycles. The second kappa shape index (κ2) is 9.06. The third kappa shape index (κ3) is 4.44. The number of sulfonamides is 1. The van der Waals surface area contributed by atoms with Crippen LogP contribution in [-0.2, 0) is 27.8 Å². The van der Waals surface area contributed by atoms with Crippen molar-refractivity contribution in [2.45, 2.75) is 37.8 Å². The molecule has 1 aliphatic heterocycles. The van der Waals surface area contributed by atoms with Gasteiger partial charge < -0.3 is 4.90 Å². The molecule has 1 atom stereocenters. The van der Waals surface area contributed by atoms with Gasteiger partial charge in [0.25, 0.3) is 0 Å². The first-order valence-electron chi connectivity index (χ1n) is 10.5. The quantitative estimate of drug-likeness (QED) is 0.521. The number of aryl methyl sites for hydroxylation is 1. The first-order valence-corrected chi connectivity index (χ1v) is 12.3. The Morgan fingerprint density at radius 2 is 1.69 bits per heavy atom. The van der Waals surface area contributed by atoms with Crippen LogP contribution in [0.4, 0.5) is 5.69 Å². The van der Waals surface area contributed by atoms with E-state index in [-0.39, 0.29) is 29.9 Å². The molecule has 1 amide bonds. The minimum Gasteiger partial charge on any atom is -0.308 e. The summed E-state index contributed by atoms with van der Waals surface area (Å²) in [4.78, 5) is 15.3. The first kappa shape index (κ1) is 22.5. The lowest BCUT2D eigenvalue weighted by atomic mass is 10.1. The number of fused-ring (bicyclic) bond motifs is 1. The molecule has 4 rings (SSSR count). The van der Waals surface area contributed by atoms with E-state index in [1.165, 1.54) is 16.4 Å². The van der Waals surface area contributed by atoms with Crippen molar-refractivity contribution in [1.82, 2.24) is 4.31 Å². The Morgan fingerprint density at radius 1 is 1.03 bits per heavy atom. The lowest BCUT2D eigenvalue weighted by Gasteiger charge is -2.28. The summed E-state index contributed by atoms with van der Waals surface area (Å²) >= 11 is 5.96. The summed E-state index contributed by atoms with van der Waals surface area (Å²) < 4.78 is 28.4. The monoisotopic (exact) mass is 468 g/mol. The maximum absolute atomic E-state index is 13.5. The predicted octanol–water partition coefficient (Wildman–Crippen LogP) is 4.82. The summed E-state index contributed by atoms with van der Waals surface area (Å²) in [5.41, 5.74) is 3.77. The van der Waals surface area contributed by atoms with Crippen LogP contribution in [0.1, 0.15) is 23.6 Å². The number of anilines is 1.